The number of hydrogen-bond donors (Lipinski definition) is 0. The van der Waals surface area contributed by atoms with Crippen LogP contribution in [0.4, 0.5) is 0 Å². The Kier molecular flexibility index (Phi) is 4.35. The fourth-order valence-corrected chi connectivity index (χ4v) is 2.02. The van der Waals surface area contributed by atoms with Crippen LogP contribution in [0.3, 0.4) is 0 Å². The zero-order chi connectivity index (χ0) is 13.7. The lowest BCUT2D eigenvalue weighted by Gasteiger charge is -2.14. The summed E-state index contributed by atoms with van der Waals surface area (Å²) < 4.78 is 5.44. The van der Waals surface area contributed by atoms with Crippen LogP contribution in [0.1, 0.15) is 30.4 Å². The maximum Gasteiger partial charge on any atom is 0.318 e. The number of esters is 1. The summed E-state index contributed by atoms with van der Waals surface area (Å²) in [6.07, 6.45) is 0.731. The molecule has 0 aliphatic heterocycles. The number of carbonyl (C=O) groups is 1. The molecule has 2 aromatic carbocycles. The van der Waals surface area contributed by atoms with Gasteiger partial charge in [0.15, 0.2) is 0 Å². The van der Waals surface area contributed by atoms with Crippen LogP contribution >= 0.6 is 0 Å². The molecule has 0 radical (unpaired) electrons. The molecule has 0 fully saturated rings. The molecule has 0 aromatic heterocycles. The summed E-state index contributed by atoms with van der Waals surface area (Å²) in [6.45, 7) is 4.00. The summed E-state index contributed by atoms with van der Waals surface area (Å²) in [5.74, 6) is 0.199. The van der Waals surface area contributed by atoms with Crippen LogP contribution in [0, 0.1) is 6.92 Å². The Hall–Kier alpha value is -2.09. The van der Waals surface area contributed by atoms with Crippen LogP contribution in [0.5, 0.6) is 5.75 Å². The van der Waals surface area contributed by atoms with Crippen LogP contribution in [-0.4, -0.2) is 5.97 Å². The van der Waals surface area contributed by atoms with E-state index in [4.69, 9.17) is 4.74 Å². The van der Waals surface area contributed by atoms with Crippen LogP contribution in [0.15, 0.2) is 54.6 Å². The van der Waals surface area contributed by atoms with E-state index in [1.54, 1.807) is 0 Å². The van der Waals surface area contributed by atoms with Gasteiger partial charge in [-0.05, 0) is 31.0 Å². The highest BCUT2D eigenvalue weighted by atomic mass is 16.5. The number of ether oxygens (including phenoxy) is 1. The van der Waals surface area contributed by atoms with Gasteiger partial charge in [0.1, 0.15) is 5.75 Å². The van der Waals surface area contributed by atoms with E-state index in [1.807, 2.05) is 68.4 Å². The van der Waals surface area contributed by atoms with Crippen molar-refractivity contribution >= 4 is 5.97 Å². The van der Waals surface area contributed by atoms with Gasteiger partial charge in [0, 0.05) is 0 Å². The van der Waals surface area contributed by atoms with Gasteiger partial charge in [0.25, 0.3) is 0 Å². The molecular formula is C17H18O2. The molecule has 0 aliphatic rings. The molecular weight excluding hydrogens is 236 g/mol. The van der Waals surface area contributed by atoms with Crippen molar-refractivity contribution in [3.8, 4) is 5.75 Å². The SMILES string of the molecule is CCC(C(=O)Oc1ccc(C)cc1)c1ccccc1. The van der Waals surface area contributed by atoms with Crippen molar-refractivity contribution in [3.05, 3.63) is 65.7 Å². The van der Waals surface area contributed by atoms with Crippen molar-refractivity contribution in [2.75, 3.05) is 0 Å². The molecule has 2 aromatic rings. The number of benzene rings is 2. The van der Waals surface area contributed by atoms with Gasteiger partial charge in [-0.3, -0.25) is 4.79 Å². The topological polar surface area (TPSA) is 26.3 Å². The van der Waals surface area contributed by atoms with E-state index >= 15 is 0 Å². The van der Waals surface area contributed by atoms with Crippen LogP contribution in [-0.2, 0) is 4.79 Å². The fraction of sp³-hybridized carbons (Fsp3) is 0.235. The first kappa shape index (κ1) is 13.3. The Morgan fingerprint density at radius 3 is 2.26 bits per heavy atom. The Bertz CT molecular complexity index is 529. The Morgan fingerprint density at radius 2 is 1.68 bits per heavy atom. The van der Waals surface area contributed by atoms with Gasteiger partial charge >= 0.3 is 5.97 Å². The first-order valence-electron chi connectivity index (χ1n) is 6.54. The average molecular weight is 254 g/mol. The number of aryl methyl sites for hydroxylation is 1. The van der Waals surface area contributed by atoms with Gasteiger partial charge in [0.05, 0.1) is 5.92 Å². The van der Waals surface area contributed by atoms with Crippen molar-refractivity contribution in [2.45, 2.75) is 26.2 Å². The molecule has 98 valence electrons. The fourth-order valence-electron chi connectivity index (χ4n) is 2.02. The molecule has 0 heterocycles. The molecule has 0 bridgehead atoms. The second-order valence-electron chi connectivity index (χ2n) is 4.61. The molecule has 1 atom stereocenters. The summed E-state index contributed by atoms with van der Waals surface area (Å²) >= 11 is 0. The Morgan fingerprint density at radius 1 is 1.05 bits per heavy atom. The van der Waals surface area contributed by atoms with Crippen molar-refractivity contribution < 1.29 is 9.53 Å². The van der Waals surface area contributed by atoms with Gasteiger partial charge in [-0.15, -0.1) is 0 Å². The van der Waals surface area contributed by atoms with Crippen molar-refractivity contribution in [1.82, 2.24) is 0 Å². The van der Waals surface area contributed by atoms with Gasteiger partial charge in [-0.2, -0.15) is 0 Å². The van der Waals surface area contributed by atoms with Gasteiger partial charge < -0.3 is 4.74 Å². The first-order chi connectivity index (χ1) is 9.20. The second kappa shape index (κ2) is 6.19. The zero-order valence-corrected chi connectivity index (χ0v) is 11.3. The normalized spacial score (nSPS) is 11.9. The van der Waals surface area contributed by atoms with Crippen LogP contribution in [0.25, 0.3) is 0 Å². The summed E-state index contributed by atoms with van der Waals surface area (Å²) in [6, 6.07) is 17.3. The Balaban J connectivity index is 2.11. The van der Waals surface area contributed by atoms with Crippen molar-refractivity contribution in [3.63, 3.8) is 0 Å². The van der Waals surface area contributed by atoms with Crippen LogP contribution in [0.2, 0.25) is 0 Å². The lowest BCUT2D eigenvalue weighted by atomic mass is 9.97. The van der Waals surface area contributed by atoms with E-state index in [9.17, 15) is 4.79 Å². The molecule has 1 unspecified atom stereocenters. The van der Waals surface area contributed by atoms with Gasteiger partial charge in [0.2, 0.25) is 0 Å². The maximum atomic E-state index is 12.2. The van der Waals surface area contributed by atoms with E-state index in [2.05, 4.69) is 0 Å². The molecule has 19 heavy (non-hydrogen) atoms. The van der Waals surface area contributed by atoms with E-state index in [0.29, 0.717) is 5.75 Å². The highest BCUT2D eigenvalue weighted by Crippen LogP contribution is 2.22. The van der Waals surface area contributed by atoms with E-state index in [0.717, 1.165) is 17.5 Å². The number of hydrogen-bond acceptors (Lipinski definition) is 2. The van der Waals surface area contributed by atoms with E-state index in [-0.39, 0.29) is 11.9 Å². The zero-order valence-electron chi connectivity index (χ0n) is 11.3. The third-order valence-electron chi connectivity index (χ3n) is 3.13. The number of rotatable bonds is 4. The summed E-state index contributed by atoms with van der Waals surface area (Å²) in [4.78, 5) is 12.2. The molecule has 2 rings (SSSR count). The lowest BCUT2D eigenvalue weighted by molar-refractivity contribution is -0.136. The summed E-state index contributed by atoms with van der Waals surface area (Å²) in [5, 5.41) is 0. The minimum Gasteiger partial charge on any atom is -0.426 e. The molecule has 2 heteroatoms. The van der Waals surface area contributed by atoms with Gasteiger partial charge in [-0.1, -0.05) is 55.0 Å². The van der Waals surface area contributed by atoms with E-state index < -0.39 is 0 Å². The summed E-state index contributed by atoms with van der Waals surface area (Å²) in [7, 11) is 0. The molecule has 0 aliphatic carbocycles. The predicted octanol–water partition coefficient (Wildman–Crippen LogP) is 4.09. The van der Waals surface area contributed by atoms with Gasteiger partial charge in [-0.25, -0.2) is 0 Å². The quantitative estimate of drug-likeness (QED) is 0.606. The highest BCUT2D eigenvalue weighted by Gasteiger charge is 2.20. The largest absolute Gasteiger partial charge is 0.426 e. The third-order valence-corrected chi connectivity index (χ3v) is 3.13. The highest BCUT2D eigenvalue weighted by molar-refractivity contribution is 5.80. The molecule has 0 amide bonds. The molecule has 0 spiro atoms. The average Bonchev–Trinajstić information content (AvgIpc) is 2.43. The summed E-state index contributed by atoms with van der Waals surface area (Å²) in [5.41, 5.74) is 2.15. The molecule has 2 nitrogen and oxygen atoms in total. The molecule has 0 saturated carbocycles. The standard InChI is InChI=1S/C17H18O2/c1-3-16(14-7-5-4-6-8-14)17(18)19-15-11-9-13(2)10-12-15/h4-12,16H,3H2,1-2H3. The van der Waals surface area contributed by atoms with E-state index in [1.165, 1.54) is 0 Å². The number of carbonyl (C=O) groups excluding carboxylic acids is 1. The third kappa shape index (κ3) is 3.44. The van der Waals surface area contributed by atoms with Crippen LogP contribution < -0.4 is 4.74 Å². The minimum atomic E-state index is -0.206. The minimum absolute atomic E-state index is 0.197. The second-order valence-corrected chi connectivity index (χ2v) is 4.61. The molecule has 0 saturated heterocycles. The van der Waals surface area contributed by atoms with Crippen molar-refractivity contribution in [2.24, 2.45) is 0 Å². The van der Waals surface area contributed by atoms with Crippen molar-refractivity contribution in [1.29, 1.82) is 0 Å². The molecule has 0 N–H and O–H groups in total. The first-order valence-corrected chi connectivity index (χ1v) is 6.54. The lowest BCUT2D eigenvalue weighted by Crippen LogP contribution is -2.18. The Labute approximate surface area is 114 Å². The maximum absolute atomic E-state index is 12.2. The predicted molar refractivity (Wildman–Crippen MR) is 76.3 cm³/mol. The smallest absolute Gasteiger partial charge is 0.318 e. The monoisotopic (exact) mass is 254 g/mol.